The van der Waals surface area contributed by atoms with Crippen LogP contribution in [0.3, 0.4) is 0 Å². The quantitative estimate of drug-likeness (QED) is 0.386. The van der Waals surface area contributed by atoms with Gasteiger partial charge in [-0.3, -0.25) is 19.5 Å². The Hall–Kier alpha value is -3.16. The molecule has 0 radical (unpaired) electrons. The Morgan fingerprint density at radius 2 is 1.74 bits per heavy atom. The first-order chi connectivity index (χ1) is 18.3. The maximum atomic E-state index is 13.4. The van der Waals surface area contributed by atoms with Crippen LogP contribution in [0.1, 0.15) is 37.6 Å². The number of likely N-dealkylation sites (N-methyl/N-ethyl adjacent to an activating group) is 1. The van der Waals surface area contributed by atoms with Gasteiger partial charge in [-0.15, -0.1) is 0 Å². The van der Waals surface area contributed by atoms with Gasteiger partial charge in [0.2, 0.25) is 5.91 Å². The Labute approximate surface area is 229 Å². The van der Waals surface area contributed by atoms with Crippen molar-refractivity contribution < 1.29 is 27.6 Å². The zero-order valence-electron chi connectivity index (χ0n) is 21.9. The molecule has 2 saturated heterocycles. The van der Waals surface area contributed by atoms with Crippen molar-refractivity contribution in [1.82, 2.24) is 19.7 Å². The molecular formula is C26H31F3N6O3S. The largest absolute Gasteiger partial charge is 0.446 e. The number of benzene rings is 1. The topological polar surface area (TPSA) is 103 Å². The van der Waals surface area contributed by atoms with E-state index < -0.39 is 28.9 Å². The number of hydrogen-bond donors (Lipinski definition) is 1. The van der Waals surface area contributed by atoms with Crippen molar-refractivity contribution in [3.8, 4) is 0 Å². The normalized spacial score (nSPS) is 19.5. The number of amides is 4. The molecule has 0 saturated carbocycles. The fourth-order valence-corrected chi connectivity index (χ4v) is 5.37. The van der Waals surface area contributed by atoms with Crippen molar-refractivity contribution in [3.05, 3.63) is 53.9 Å². The molecule has 1 unspecified atom stereocenters. The number of hydrogen-bond acceptors (Lipinski definition) is 7. The molecule has 0 bridgehead atoms. The predicted octanol–water partition coefficient (Wildman–Crippen LogP) is 3.60. The molecule has 39 heavy (non-hydrogen) atoms. The van der Waals surface area contributed by atoms with E-state index in [0.717, 1.165) is 36.6 Å². The maximum absolute atomic E-state index is 13.4. The molecule has 1 atom stereocenters. The van der Waals surface area contributed by atoms with Crippen LogP contribution in [0.15, 0.2) is 47.5 Å². The average Bonchev–Trinajstić information content (AvgIpc) is 3.02. The van der Waals surface area contributed by atoms with Crippen molar-refractivity contribution in [2.45, 2.75) is 48.8 Å². The lowest BCUT2D eigenvalue weighted by atomic mass is 10.0. The minimum Gasteiger partial charge on any atom is -0.370 e. The number of nitrogens with two attached hydrogens (primary N) is 1. The van der Waals surface area contributed by atoms with E-state index in [4.69, 9.17) is 5.73 Å². The minimum atomic E-state index is -4.44. The summed E-state index contributed by atoms with van der Waals surface area (Å²) < 4.78 is 38.1. The van der Waals surface area contributed by atoms with Gasteiger partial charge in [0.1, 0.15) is 5.54 Å². The Morgan fingerprint density at radius 3 is 2.33 bits per heavy atom. The van der Waals surface area contributed by atoms with Crippen LogP contribution in [0.2, 0.25) is 0 Å². The van der Waals surface area contributed by atoms with Crippen LogP contribution in [-0.2, 0) is 16.1 Å². The third kappa shape index (κ3) is 6.53. The number of imide groups is 1. The number of nitrogens with zero attached hydrogens (tertiary/aromatic N) is 5. The molecule has 2 fully saturated rings. The Morgan fingerprint density at radius 1 is 1.10 bits per heavy atom. The number of pyridine rings is 1. The minimum absolute atomic E-state index is 0.0448. The molecule has 4 rings (SSSR count). The van der Waals surface area contributed by atoms with E-state index >= 15 is 0 Å². The number of piperazine rings is 1. The second kappa shape index (κ2) is 11.1. The summed E-state index contributed by atoms with van der Waals surface area (Å²) >= 11 is -0.266. The molecule has 0 aliphatic carbocycles. The van der Waals surface area contributed by atoms with Crippen molar-refractivity contribution in [1.29, 1.82) is 0 Å². The predicted molar refractivity (Wildman–Crippen MR) is 141 cm³/mol. The molecule has 13 heteroatoms. The maximum Gasteiger partial charge on any atom is 0.446 e. The summed E-state index contributed by atoms with van der Waals surface area (Å²) in [5.41, 5.74) is 1.48. The second-order valence-corrected chi connectivity index (χ2v) is 11.4. The van der Waals surface area contributed by atoms with Gasteiger partial charge in [0.15, 0.2) is 0 Å². The van der Waals surface area contributed by atoms with Crippen molar-refractivity contribution in [2.24, 2.45) is 5.73 Å². The zero-order chi connectivity index (χ0) is 28.5. The monoisotopic (exact) mass is 564 g/mol. The highest BCUT2D eigenvalue weighted by molar-refractivity contribution is 8.00. The fraction of sp³-hybridized carbons (Fsp3) is 0.462. The van der Waals surface area contributed by atoms with Gasteiger partial charge in [-0.05, 0) is 74.6 Å². The molecule has 2 aliphatic rings. The number of urea groups is 1. The number of alkyl halides is 3. The van der Waals surface area contributed by atoms with Crippen LogP contribution in [0.4, 0.5) is 23.7 Å². The molecule has 1 aromatic carbocycles. The lowest BCUT2D eigenvalue weighted by molar-refractivity contribution is -0.123. The van der Waals surface area contributed by atoms with Gasteiger partial charge >= 0.3 is 11.5 Å². The number of aromatic nitrogens is 1. The second-order valence-electron chi connectivity index (χ2n) is 10.2. The summed E-state index contributed by atoms with van der Waals surface area (Å²) in [5.74, 6) is -0.926. The summed E-state index contributed by atoms with van der Waals surface area (Å²) in [4.78, 5) is 49.9. The Balaban J connectivity index is 1.56. The highest BCUT2D eigenvalue weighted by atomic mass is 32.2. The fourth-order valence-electron chi connectivity index (χ4n) is 4.83. The molecule has 4 amide bonds. The first-order valence-corrected chi connectivity index (χ1v) is 13.3. The van der Waals surface area contributed by atoms with Crippen LogP contribution in [-0.4, -0.2) is 81.8 Å². The molecule has 2 N–H and O–H groups in total. The number of thioether (sulfide) groups is 1. The van der Waals surface area contributed by atoms with E-state index in [0.29, 0.717) is 5.69 Å². The molecule has 9 nitrogen and oxygen atoms in total. The number of rotatable bonds is 8. The van der Waals surface area contributed by atoms with Gasteiger partial charge in [-0.25, -0.2) is 9.69 Å². The van der Waals surface area contributed by atoms with E-state index in [1.165, 1.54) is 29.2 Å². The number of anilines is 1. The summed E-state index contributed by atoms with van der Waals surface area (Å²) in [7, 11) is 2.04. The van der Waals surface area contributed by atoms with Gasteiger partial charge in [0.05, 0.1) is 17.4 Å². The Kier molecular flexibility index (Phi) is 8.24. The summed E-state index contributed by atoms with van der Waals surface area (Å²) in [5, 5.41) is 0. The third-order valence-corrected chi connectivity index (χ3v) is 7.79. The van der Waals surface area contributed by atoms with Gasteiger partial charge in [-0.2, -0.15) is 13.2 Å². The summed E-state index contributed by atoms with van der Waals surface area (Å²) in [6.07, 6.45) is 1.71. The van der Waals surface area contributed by atoms with Gasteiger partial charge < -0.3 is 15.5 Å². The highest BCUT2D eigenvalue weighted by Crippen LogP contribution is 2.39. The Bertz CT molecular complexity index is 1230. The van der Waals surface area contributed by atoms with Gasteiger partial charge in [0, 0.05) is 50.2 Å². The molecule has 2 aliphatic heterocycles. The van der Waals surface area contributed by atoms with Crippen LogP contribution in [0.25, 0.3) is 0 Å². The summed E-state index contributed by atoms with van der Waals surface area (Å²) in [6.45, 7) is 6.55. The van der Waals surface area contributed by atoms with Crippen LogP contribution in [0, 0.1) is 0 Å². The molecule has 210 valence electrons. The van der Waals surface area contributed by atoms with E-state index in [1.54, 1.807) is 26.1 Å². The van der Waals surface area contributed by atoms with E-state index in [2.05, 4.69) is 14.8 Å². The summed E-state index contributed by atoms with van der Waals surface area (Å²) in [6, 6.07) is 7.81. The van der Waals surface area contributed by atoms with E-state index in [1.807, 2.05) is 13.1 Å². The van der Waals surface area contributed by atoms with Crippen LogP contribution in [0.5, 0.6) is 0 Å². The molecule has 3 heterocycles. The van der Waals surface area contributed by atoms with E-state index in [9.17, 15) is 27.6 Å². The molecule has 1 aromatic heterocycles. The average molecular weight is 565 g/mol. The molecular weight excluding hydrogens is 533 g/mol. The lowest BCUT2D eigenvalue weighted by Crippen LogP contribution is -2.47. The van der Waals surface area contributed by atoms with Crippen LogP contribution < -0.4 is 10.6 Å². The third-order valence-electron chi connectivity index (χ3n) is 7.05. The van der Waals surface area contributed by atoms with Gasteiger partial charge in [0.25, 0.3) is 5.91 Å². The lowest BCUT2D eigenvalue weighted by Gasteiger charge is -2.37. The first kappa shape index (κ1) is 28.8. The van der Waals surface area contributed by atoms with Crippen molar-refractivity contribution >= 4 is 35.3 Å². The van der Waals surface area contributed by atoms with E-state index in [-0.39, 0.29) is 41.4 Å². The van der Waals surface area contributed by atoms with Crippen molar-refractivity contribution in [3.63, 3.8) is 0 Å². The first-order valence-electron chi connectivity index (χ1n) is 12.4. The highest BCUT2D eigenvalue weighted by Gasteiger charge is 2.51. The van der Waals surface area contributed by atoms with Gasteiger partial charge in [-0.1, -0.05) is 0 Å². The zero-order valence-corrected chi connectivity index (χ0v) is 22.8. The van der Waals surface area contributed by atoms with Crippen molar-refractivity contribution in [2.75, 3.05) is 38.1 Å². The molecule has 2 aromatic rings. The smallest absolute Gasteiger partial charge is 0.370 e. The molecule has 0 spiro atoms. The number of halogens is 3. The number of primary amides is 1. The number of carbonyl (C=O) groups excluding carboxylic acids is 3. The SMILES string of the molecule is CN1CCN(C(CC(N)=O)c2cc(CN3C(=O)N(c4ccc(SC(F)(F)F)cc4)C(=O)C3(C)C)ccn2)CC1. The number of carbonyl (C=O) groups is 3. The standard InChI is InChI=1S/C26H31F3N6O3S/c1-25(2)23(37)35(18-4-6-19(7-5-18)39-26(27,28)29)24(38)34(25)16-17-8-9-31-20(14-17)21(15-22(30)36)33-12-10-32(3)11-13-33/h4-9,14,21H,10-13,15-16H2,1-3H3,(H2,30,36). The van der Waals surface area contributed by atoms with Crippen LogP contribution >= 0.6 is 11.8 Å².